The Bertz CT molecular complexity index is 2760. The minimum absolute atomic E-state index is 0.0224. The maximum absolute atomic E-state index is 14.1. The van der Waals surface area contributed by atoms with Crippen LogP contribution in [0.3, 0.4) is 0 Å². The molecular weight excluding hydrogens is 878 g/mol. The number of carbonyl (C=O) groups is 1. The molecule has 0 spiro atoms. The molecule has 5 aromatic rings. The number of piperazine rings is 2. The van der Waals surface area contributed by atoms with Crippen LogP contribution in [0.5, 0.6) is 11.5 Å². The summed E-state index contributed by atoms with van der Waals surface area (Å²) >= 11 is 6.26. The summed E-state index contributed by atoms with van der Waals surface area (Å²) in [6.07, 6.45) is 7.82. The molecule has 15 nitrogen and oxygen atoms in total. The third-order valence-corrected chi connectivity index (χ3v) is 15.4. The molecule has 348 valence electrons. The molecule has 1 atom stereocenters. The van der Waals surface area contributed by atoms with Crippen LogP contribution in [0.1, 0.15) is 61.0 Å². The van der Waals surface area contributed by atoms with E-state index < -0.39 is 20.9 Å². The number of halogens is 1. The zero-order valence-electron chi connectivity index (χ0n) is 37.8. The molecule has 0 saturated carbocycles. The van der Waals surface area contributed by atoms with Gasteiger partial charge in [-0.1, -0.05) is 43.2 Å². The van der Waals surface area contributed by atoms with E-state index in [4.69, 9.17) is 16.3 Å². The van der Waals surface area contributed by atoms with Crippen molar-refractivity contribution in [1.29, 1.82) is 0 Å². The summed E-state index contributed by atoms with van der Waals surface area (Å²) in [7, 11) is -2.47. The van der Waals surface area contributed by atoms with E-state index in [9.17, 15) is 23.3 Å². The van der Waals surface area contributed by atoms with Gasteiger partial charge in [0.1, 0.15) is 17.1 Å². The highest BCUT2D eigenvalue weighted by Crippen LogP contribution is 2.44. The number of anilines is 2. The largest absolute Gasteiger partial charge is 0.455 e. The Morgan fingerprint density at radius 2 is 1.74 bits per heavy atom. The number of carbonyl (C=O) groups excluding carboxylic acids is 1. The van der Waals surface area contributed by atoms with Crippen LogP contribution in [0.4, 0.5) is 17.1 Å². The molecule has 17 heteroatoms. The lowest BCUT2D eigenvalue weighted by Crippen LogP contribution is -2.47. The zero-order chi connectivity index (χ0) is 46.2. The summed E-state index contributed by atoms with van der Waals surface area (Å²) in [6, 6.07) is 19.4. The fourth-order valence-electron chi connectivity index (χ4n) is 9.79. The van der Waals surface area contributed by atoms with Gasteiger partial charge in [-0.05, 0) is 111 Å². The number of aromatic nitrogens is 2. The van der Waals surface area contributed by atoms with Crippen LogP contribution in [0.2, 0.25) is 5.02 Å². The van der Waals surface area contributed by atoms with Gasteiger partial charge in [0, 0.05) is 106 Å². The van der Waals surface area contributed by atoms with Gasteiger partial charge < -0.3 is 29.7 Å². The molecule has 2 saturated heterocycles. The van der Waals surface area contributed by atoms with Crippen LogP contribution in [0, 0.1) is 21.4 Å². The van der Waals surface area contributed by atoms with Crippen molar-refractivity contribution in [1.82, 2.24) is 29.4 Å². The molecule has 3 N–H and O–H groups in total. The van der Waals surface area contributed by atoms with Gasteiger partial charge in [-0.2, -0.15) is 0 Å². The summed E-state index contributed by atoms with van der Waals surface area (Å²) < 4.78 is 36.6. The Hall–Kier alpha value is -5.52. The lowest BCUT2D eigenvalue weighted by molar-refractivity contribution is -0.385. The number of hydrogen-bond acceptors (Lipinski definition) is 12. The molecule has 3 aromatic carbocycles. The number of rotatable bonds is 13. The normalized spacial score (nSPS) is 19.6. The van der Waals surface area contributed by atoms with E-state index in [0.717, 1.165) is 113 Å². The number of fused-ring (bicyclic) bond motifs is 2. The van der Waals surface area contributed by atoms with E-state index in [0.29, 0.717) is 35.6 Å². The second-order valence-electron chi connectivity index (χ2n) is 19.1. The highest BCUT2D eigenvalue weighted by molar-refractivity contribution is 7.90. The third kappa shape index (κ3) is 10.4. The number of nitro benzene ring substituents is 1. The molecule has 2 aromatic heterocycles. The van der Waals surface area contributed by atoms with Crippen molar-refractivity contribution in [2.24, 2.45) is 11.3 Å². The smallest absolute Gasteiger partial charge is 0.276 e. The summed E-state index contributed by atoms with van der Waals surface area (Å²) in [4.78, 5) is 42.6. The number of ether oxygens (including phenoxy) is 1. The maximum Gasteiger partial charge on any atom is 0.276 e. The number of likely N-dealkylation sites (N-methyl/N-ethyl adjacent to an activating group) is 1. The summed E-state index contributed by atoms with van der Waals surface area (Å²) in [5.74, 6) is -0.283. The van der Waals surface area contributed by atoms with Crippen LogP contribution in [0.15, 0.2) is 89.6 Å². The molecule has 0 bridgehead atoms. The molecule has 5 heterocycles. The number of hydrogen-bond donors (Lipinski definition) is 3. The molecule has 1 aliphatic carbocycles. The van der Waals surface area contributed by atoms with E-state index >= 15 is 0 Å². The van der Waals surface area contributed by atoms with Crippen molar-refractivity contribution in [2.45, 2.75) is 50.8 Å². The number of benzene rings is 3. The molecule has 2 fully saturated rings. The number of amides is 1. The Kier molecular flexibility index (Phi) is 13.1. The fraction of sp³-hybridized carbons (Fsp3) is 0.429. The van der Waals surface area contributed by atoms with Crippen molar-refractivity contribution in [3.63, 3.8) is 0 Å². The van der Waals surface area contributed by atoms with Gasteiger partial charge in [0.15, 0.2) is 0 Å². The van der Waals surface area contributed by atoms with Crippen molar-refractivity contribution in [3.05, 3.63) is 117 Å². The highest BCUT2D eigenvalue weighted by Gasteiger charge is 2.33. The molecule has 3 aliphatic heterocycles. The van der Waals surface area contributed by atoms with Gasteiger partial charge in [0.25, 0.3) is 21.6 Å². The minimum Gasteiger partial charge on any atom is -0.455 e. The highest BCUT2D eigenvalue weighted by atomic mass is 35.5. The number of nitrogens with zero attached hydrogens (tertiary/aromatic N) is 6. The Balaban J connectivity index is 0.922. The quantitative estimate of drug-likeness (QED) is 0.0769. The second kappa shape index (κ2) is 19.0. The fourth-order valence-corrected chi connectivity index (χ4v) is 10.9. The van der Waals surface area contributed by atoms with E-state index in [1.165, 1.54) is 29.0 Å². The standard InChI is InChI=1S/C49H58ClN9O6S/c1-49(2)13-10-36(43(29-49)34-4-6-37(50)7-5-34)32-57-20-22-58(23-21-57)38-8-9-41(46(26-38)65-39-25-35-11-14-51-47(35)53-31-39)48(60)54-66(63,64)40-27-44-42(45(28-40)59(61)62)24-33(30-52-44)12-15-56-18-16-55(3)17-19-56/h4-9,11,14,25-28,31,33,52H,10,12-13,15-24,29-30,32H2,1-3H3,(H,51,53)(H,54,60)/t33-/m0/s1. The van der Waals surface area contributed by atoms with Crippen molar-refractivity contribution in [3.8, 4) is 11.5 Å². The van der Waals surface area contributed by atoms with Gasteiger partial charge in [-0.25, -0.2) is 18.1 Å². The Labute approximate surface area is 391 Å². The summed E-state index contributed by atoms with van der Waals surface area (Å²) in [6.45, 7) is 14.1. The average Bonchev–Trinajstić information content (AvgIpc) is 3.77. The number of allylic oxidation sites excluding steroid dienone is 1. The second-order valence-corrected chi connectivity index (χ2v) is 21.2. The third-order valence-electron chi connectivity index (χ3n) is 13.8. The van der Waals surface area contributed by atoms with E-state index in [2.05, 4.69) is 72.6 Å². The number of H-pyrrole nitrogens is 1. The van der Waals surface area contributed by atoms with Gasteiger partial charge >= 0.3 is 0 Å². The Morgan fingerprint density at radius 3 is 2.50 bits per heavy atom. The van der Waals surface area contributed by atoms with Crippen LogP contribution >= 0.6 is 11.6 Å². The SMILES string of the molecule is CN1CCN(CC[C@@H]2CNc3cc(S(=O)(=O)NC(=O)c4ccc(N5CCN(CC6=C(c7ccc(Cl)cc7)CC(C)(C)CC6)CC5)cc4Oc4cnc5[nH]ccc5c4)cc([N+](=O)[O-])c3C2)CC1. The first-order chi connectivity index (χ1) is 31.7. The number of pyridine rings is 1. The Morgan fingerprint density at radius 1 is 0.985 bits per heavy atom. The molecule has 1 amide bonds. The number of sulfonamides is 1. The van der Waals surface area contributed by atoms with Gasteiger partial charge in [-0.3, -0.25) is 19.8 Å². The van der Waals surface area contributed by atoms with Crippen molar-refractivity contribution in [2.75, 3.05) is 89.3 Å². The maximum atomic E-state index is 14.1. The summed E-state index contributed by atoms with van der Waals surface area (Å²) in [5, 5.41) is 17.2. The first-order valence-corrected chi connectivity index (χ1v) is 24.7. The lowest BCUT2D eigenvalue weighted by Gasteiger charge is -2.39. The first-order valence-electron chi connectivity index (χ1n) is 22.9. The van der Waals surface area contributed by atoms with Gasteiger partial charge in [-0.15, -0.1) is 0 Å². The monoisotopic (exact) mass is 935 g/mol. The van der Waals surface area contributed by atoms with E-state index in [1.807, 2.05) is 18.2 Å². The molecule has 4 aliphatic rings. The number of nitrogens with one attached hydrogen (secondary N) is 3. The van der Waals surface area contributed by atoms with E-state index in [-0.39, 0.29) is 33.2 Å². The van der Waals surface area contributed by atoms with Crippen molar-refractivity contribution >= 4 is 61.2 Å². The van der Waals surface area contributed by atoms with Gasteiger partial charge in [0.2, 0.25) is 0 Å². The molecule has 0 unspecified atom stereocenters. The zero-order valence-corrected chi connectivity index (χ0v) is 39.4. The average molecular weight is 937 g/mol. The minimum atomic E-state index is -4.58. The predicted molar refractivity (Wildman–Crippen MR) is 259 cm³/mol. The van der Waals surface area contributed by atoms with Crippen molar-refractivity contribution < 1.29 is 22.9 Å². The van der Waals surface area contributed by atoms with E-state index in [1.54, 1.807) is 30.5 Å². The molecular formula is C49H58ClN9O6S. The van der Waals surface area contributed by atoms with Crippen LogP contribution < -0.4 is 19.7 Å². The summed E-state index contributed by atoms with van der Waals surface area (Å²) in [5.41, 5.74) is 6.37. The predicted octanol–water partition coefficient (Wildman–Crippen LogP) is 8.04. The van der Waals surface area contributed by atoms with Crippen LogP contribution in [-0.4, -0.2) is 123 Å². The van der Waals surface area contributed by atoms with Gasteiger partial charge in [0.05, 0.1) is 27.1 Å². The molecule has 66 heavy (non-hydrogen) atoms. The molecule has 9 rings (SSSR count). The number of nitro groups is 1. The topological polar surface area (TPSA) is 169 Å². The first kappa shape index (κ1) is 45.6. The lowest BCUT2D eigenvalue weighted by atomic mass is 9.72. The number of aromatic amines is 1. The van der Waals surface area contributed by atoms with Crippen LogP contribution in [0.25, 0.3) is 16.6 Å². The van der Waals surface area contributed by atoms with Crippen LogP contribution in [-0.2, 0) is 16.4 Å². The molecule has 0 radical (unpaired) electrons.